The van der Waals surface area contributed by atoms with E-state index in [1.54, 1.807) is 24.3 Å². The van der Waals surface area contributed by atoms with Gasteiger partial charge in [0.25, 0.3) is 5.91 Å². The highest BCUT2D eigenvalue weighted by Gasteiger charge is 2.29. The van der Waals surface area contributed by atoms with E-state index in [1.807, 2.05) is 18.2 Å². The van der Waals surface area contributed by atoms with Crippen LogP contribution in [0.4, 0.5) is 5.69 Å². The van der Waals surface area contributed by atoms with Crippen molar-refractivity contribution in [1.29, 1.82) is 0 Å². The molecule has 5 heteroatoms. The average molecular weight is 453 g/mol. The monoisotopic (exact) mass is 452 g/mol. The summed E-state index contributed by atoms with van der Waals surface area (Å²) in [7, 11) is 0. The molecule has 2 aliphatic rings. The Hall–Kier alpha value is -3.73. The van der Waals surface area contributed by atoms with Crippen molar-refractivity contribution >= 4 is 22.5 Å². The fraction of sp³-hybridized carbons (Fsp3) is 0.276. The number of phenolic OH excluding ortho intramolecular Hbond substituents is 1. The van der Waals surface area contributed by atoms with E-state index >= 15 is 0 Å². The average Bonchev–Trinajstić information content (AvgIpc) is 3.07. The van der Waals surface area contributed by atoms with Gasteiger partial charge in [-0.15, -0.1) is 0 Å². The zero-order valence-corrected chi connectivity index (χ0v) is 19.1. The van der Waals surface area contributed by atoms with Crippen LogP contribution in [0, 0.1) is 0 Å². The first kappa shape index (κ1) is 20.8. The van der Waals surface area contributed by atoms with Gasteiger partial charge in [0.1, 0.15) is 18.1 Å². The number of amides is 1. The van der Waals surface area contributed by atoms with E-state index in [0.29, 0.717) is 23.8 Å². The molecule has 6 rings (SSSR count). The molecular weight excluding hydrogens is 424 g/mol. The van der Waals surface area contributed by atoms with Gasteiger partial charge in [-0.1, -0.05) is 37.5 Å². The van der Waals surface area contributed by atoms with Crippen LogP contribution in [-0.2, 0) is 6.54 Å². The molecule has 0 saturated heterocycles. The van der Waals surface area contributed by atoms with E-state index in [1.165, 1.54) is 48.7 Å². The number of carbonyl (C=O) groups excluding carboxylic acids is 1. The van der Waals surface area contributed by atoms with Crippen molar-refractivity contribution in [3.63, 3.8) is 0 Å². The molecule has 1 aliphatic heterocycles. The van der Waals surface area contributed by atoms with Crippen LogP contribution < -0.4 is 10.1 Å². The van der Waals surface area contributed by atoms with Gasteiger partial charge in [0.2, 0.25) is 0 Å². The molecule has 3 aromatic carbocycles. The van der Waals surface area contributed by atoms with Crippen molar-refractivity contribution in [2.75, 3.05) is 11.9 Å². The van der Waals surface area contributed by atoms with Crippen molar-refractivity contribution in [2.45, 2.75) is 44.6 Å². The van der Waals surface area contributed by atoms with E-state index in [0.717, 1.165) is 23.4 Å². The molecule has 172 valence electrons. The number of rotatable bonds is 3. The standard InChI is InChI=1S/C29H28N2O3/c32-22-13-11-21(12-14-22)30-29(33)20-10-15-23-25(18-20)31-16-17-34-26-9-5-4-8-24(26)28(31)27(23)19-6-2-1-3-7-19/h4-5,8-15,18-19,32H,1-3,6-7,16-17H2,(H,30,33). The van der Waals surface area contributed by atoms with Gasteiger partial charge in [-0.2, -0.15) is 0 Å². The van der Waals surface area contributed by atoms with E-state index in [4.69, 9.17) is 4.74 Å². The number of phenols is 1. The molecule has 0 radical (unpaired) electrons. The number of carbonyl (C=O) groups is 1. The molecule has 0 atom stereocenters. The number of ether oxygens (including phenoxy) is 1. The van der Waals surface area contributed by atoms with Gasteiger partial charge >= 0.3 is 0 Å². The first-order chi connectivity index (χ1) is 16.7. The van der Waals surface area contributed by atoms with Crippen molar-refractivity contribution in [1.82, 2.24) is 4.57 Å². The number of para-hydroxylation sites is 1. The number of fused-ring (bicyclic) bond motifs is 5. The van der Waals surface area contributed by atoms with Gasteiger partial charge < -0.3 is 19.7 Å². The summed E-state index contributed by atoms with van der Waals surface area (Å²) in [4.78, 5) is 13.1. The van der Waals surface area contributed by atoms with Crippen LogP contribution in [0.15, 0.2) is 66.7 Å². The Bertz CT molecular complexity index is 1360. The summed E-state index contributed by atoms with van der Waals surface area (Å²) in [5.74, 6) is 1.47. The predicted octanol–water partition coefficient (Wildman–Crippen LogP) is 6.71. The summed E-state index contributed by atoms with van der Waals surface area (Å²) in [6, 6.07) is 21.0. The summed E-state index contributed by atoms with van der Waals surface area (Å²) < 4.78 is 8.49. The maximum Gasteiger partial charge on any atom is 0.255 e. The lowest BCUT2D eigenvalue weighted by molar-refractivity contribution is 0.102. The topological polar surface area (TPSA) is 63.5 Å². The highest BCUT2D eigenvalue weighted by atomic mass is 16.5. The Morgan fingerprint density at radius 3 is 2.59 bits per heavy atom. The number of hydrogen-bond donors (Lipinski definition) is 2. The van der Waals surface area contributed by atoms with E-state index < -0.39 is 0 Å². The number of benzene rings is 3. The molecule has 1 aromatic heterocycles. The molecule has 1 saturated carbocycles. The maximum absolute atomic E-state index is 13.1. The number of nitrogens with zero attached hydrogens (tertiary/aromatic N) is 1. The Balaban J connectivity index is 1.49. The highest BCUT2D eigenvalue weighted by Crippen LogP contribution is 2.47. The molecule has 2 heterocycles. The third-order valence-corrected chi connectivity index (χ3v) is 7.22. The first-order valence-corrected chi connectivity index (χ1v) is 12.2. The number of hydrogen-bond acceptors (Lipinski definition) is 3. The Labute approximate surface area is 199 Å². The van der Waals surface area contributed by atoms with Gasteiger partial charge in [-0.25, -0.2) is 0 Å². The second kappa shape index (κ2) is 8.56. The lowest BCUT2D eigenvalue weighted by Crippen LogP contribution is -2.12. The molecule has 4 aromatic rings. The summed E-state index contributed by atoms with van der Waals surface area (Å²) in [6.45, 7) is 1.35. The number of nitrogens with one attached hydrogen (secondary N) is 1. The summed E-state index contributed by atoms with van der Waals surface area (Å²) in [5, 5.41) is 13.7. The summed E-state index contributed by atoms with van der Waals surface area (Å²) >= 11 is 0. The van der Waals surface area contributed by atoms with Gasteiger partial charge in [-0.3, -0.25) is 4.79 Å². The molecule has 1 aliphatic carbocycles. The molecule has 2 N–H and O–H groups in total. The molecule has 0 spiro atoms. The minimum Gasteiger partial charge on any atom is -0.508 e. The normalized spacial score (nSPS) is 15.8. The Kier molecular flexibility index (Phi) is 5.25. The molecule has 0 bridgehead atoms. The zero-order chi connectivity index (χ0) is 23.1. The zero-order valence-electron chi connectivity index (χ0n) is 19.1. The molecule has 0 unspecified atom stereocenters. The van der Waals surface area contributed by atoms with Crippen molar-refractivity contribution < 1.29 is 14.6 Å². The van der Waals surface area contributed by atoms with Gasteiger partial charge in [0.15, 0.2) is 0 Å². The third-order valence-electron chi connectivity index (χ3n) is 7.22. The van der Waals surface area contributed by atoms with Crippen LogP contribution in [-0.4, -0.2) is 22.2 Å². The molecule has 34 heavy (non-hydrogen) atoms. The minimum absolute atomic E-state index is 0.160. The van der Waals surface area contributed by atoms with Crippen LogP contribution >= 0.6 is 0 Å². The van der Waals surface area contributed by atoms with E-state index in [2.05, 4.69) is 34.1 Å². The van der Waals surface area contributed by atoms with Crippen molar-refractivity contribution in [2.24, 2.45) is 0 Å². The summed E-state index contributed by atoms with van der Waals surface area (Å²) in [5.41, 5.74) is 6.18. The van der Waals surface area contributed by atoms with Gasteiger partial charge in [-0.05, 0) is 72.9 Å². The van der Waals surface area contributed by atoms with Crippen LogP contribution in [0.2, 0.25) is 0 Å². The van der Waals surface area contributed by atoms with Crippen LogP contribution in [0.1, 0.15) is 53.9 Å². The number of aromatic nitrogens is 1. The Morgan fingerprint density at radius 2 is 1.76 bits per heavy atom. The summed E-state index contributed by atoms with van der Waals surface area (Å²) in [6.07, 6.45) is 6.26. The second-order valence-corrected chi connectivity index (χ2v) is 9.33. The molecule has 1 amide bonds. The Morgan fingerprint density at radius 1 is 0.971 bits per heavy atom. The minimum atomic E-state index is -0.160. The van der Waals surface area contributed by atoms with Crippen LogP contribution in [0.5, 0.6) is 11.5 Å². The van der Waals surface area contributed by atoms with Crippen molar-refractivity contribution in [3.8, 4) is 22.8 Å². The molecule has 1 fully saturated rings. The quantitative estimate of drug-likeness (QED) is 0.340. The number of aromatic hydroxyl groups is 1. The van der Waals surface area contributed by atoms with Gasteiger partial charge in [0.05, 0.1) is 12.2 Å². The number of anilines is 1. The second-order valence-electron chi connectivity index (χ2n) is 9.33. The lowest BCUT2D eigenvalue weighted by Gasteiger charge is -2.23. The highest BCUT2D eigenvalue weighted by molar-refractivity contribution is 6.07. The van der Waals surface area contributed by atoms with Crippen LogP contribution in [0.3, 0.4) is 0 Å². The van der Waals surface area contributed by atoms with Crippen LogP contribution in [0.25, 0.3) is 22.2 Å². The lowest BCUT2D eigenvalue weighted by atomic mass is 9.81. The first-order valence-electron chi connectivity index (χ1n) is 12.2. The predicted molar refractivity (Wildman–Crippen MR) is 135 cm³/mol. The fourth-order valence-electron chi connectivity index (χ4n) is 5.63. The third kappa shape index (κ3) is 3.61. The van der Waals surface area contributed by atoms with E-state index in [9.17, 15) is 9.90 Å². The molecular formula is C29H28N2O3. The maximum atomic E-state index is 13.1. The smallest absolute Gasteiger partial charge is 0.255 e. The fourth-order valence-corrected chi connectivity index (χ4v) is 5.63. The largest absolute Gasteiger partial charge is 0.508 e. The van der Waals surface area contributed by atoms with E-state index in [-0.39, 0.29) is 11.7 Å². The van der Waals surface area contributed by atoms with Crippen molar-refractivity contribution in [3.05, 3.63) is 77.9 Å². The molecule has 5 nitrogen and oxygen atoms in total. The van der Waals surface area contributed by atoms with Gasteiger partial charge in [0, 0.05) is 27.7 Å². The SMILES string of the molecule is O=C(Nc1ccc(O)cc1)c1ccc2c(C3CCCCC3)c3n(c2c1)CCOc1ccccc1-3.